The number of nitriles is 1. The van der Waals surface area contributed by atoms with Crippen molar-refractivity contribution in [1.29, 1.82) is 5.26 Å². The van der Waals surface area contributed by atoms with Crippen molar-refractivity contribution in [2.45, 2.75) is 32.6 Å². The van der Waals surface area contributed by atoms with Gasteiger partial charge in [0.25, 0.3) is 0 Å². The quantitative estimate of drug-likeness (QED) is 0.764. The SMILES string of the molecule is COc1cc(C#N)ccc1[C@H]1C(C(N)=O)=C(C)Nc2c(C)cnc(OCC3CC3)c21. The second-order valence-electron chi connectivity index (χ2n) is 7.82. The number of hydrogen-bond acceptors (Lipinski definition) is 6. The number of benzene rings is 1. The maximum atomic E-state index is 12.5. The Hall–Kier alpha value is -3.53. The topological polar surface area (TPSA) is 110 Å². The molecule has 1 atom stereocenters. The number of ether oxygens (including phenoxy) is 2. The number of carbonyl (C=O) groups is 1. The predicted molar refractivity (Wildman–Crippen MR) is 112 cm³/mol. The van der Waals surface area contributed by atoms with E-state index in [-0.39, 0.29) is 0 Å². The summed E-state index contributed by atoms with van der Waals surface area (Å²) in [6, 6.07) is 7.30. The maximum Gasteiger partial charge on any atom is 0.247 e. The van der Waals surface area contributed by atoms with Crippen LogP contribution in [0.4, 0.5) is 5.69 Å². The minimum absolute atomic E-state index is 0.425. The Labute approximate surface area is 175 Å². The van der Waals surface area contributed by atoms with Crippen molar-refractivity contribution in [2.24, 2.45) is 11.7 Å². The first-order valence-electron chi connectivity index (χ1n) is 9.92. The first kappa shape index (κ1) is 19.8. The molecule has 2 aliphatic rings. The average Bonchev–Trinajstić information content (AvgIpc) is 3.56. The van der Waals surface area contributed by atoms with E-state index in [4.69, 9.17) is 15.2 Å². The monoisotopic (exact) mass is 404 g/mol. The van der Waals surface area contributed by atoms with Crippen LogP contribution in [0.15, 0.2) is 35.7 Å². The van der Waals surface area contributed by atoms with Gasteiger partial charge < -0.3 is 20.5 Å². The zero-order valence-corrected chi connectivity index (χ0v) is 17.3. The molecule has 0 radical (unpaired) electrons. The molecular formula is C23H24N4O3. The van der Waals surface area contributed by atoms with Gasteiger partial charge in [-0.25, -0.2) is 4.98 Å². The smallest absolute Gasteiger partial charge is 0.247 e. The van der Waals surface area contributed by atoms with Crippen molar-refractivity contribution in [3.8, 4) is 17.7 Å². The van der Waals surface area contributed by atoms with Crippen LogP contribution in [-0.2, 0) is 4.79 Å². The standard InChI is InChI=1S/C23H24N4O3/c1-12-10-26-23(30-11-14-4-5-14)20-19(18(22(25)28)13(2)27-21(12)20)16-7-6-15(9-24)8-17(16)29-3/h6-8,10,14,19,27H,4-5,11H2,1-3H3,(H2,25,28)/t19-/m0/s1. The number of hydrogen-bond donors (Lipinski definition) is 2. The number of aryl methyl sites for hydroxylation is 1. The third kappa shape index (κ3) is 3.45. The summed E-state index contributed by atoms with van der Waals surface area (Å²) in [5, 5.41) is 12.6. The van der Waals surface area contributed by atoms with E-state index >= 15 is 0 Å². The van der Waals surface area contributed by atoms with Crippen molar-refractivity contribution in [1.82, 2.24) is 4.98 Å². The minimum atomic E-state index is -0.531. The third-order valence-corrected chi connectivity index (χ3v) is 5.66. The average molecular weight is 404 g/mol. The molecule has 1 saturated carbocycles. The van der Waals surface area contributed by atoms with Gasteiger partial charge in [0.2, 0.25) is 11.8 Å². The number of pyridine rings is 1. The molecule has 7 heteroatoms. The second kappa shape index (κ2) is 7.71. The van der Waals surface area contributed by atoms with Gasteiger partial charge in [-0.3, -0.25) is 4.79 Å². The highest BCUT2D eigenvalue weighted by Crippen LogP contribution is 2.49. The molecule has 3 N–H and O–H groups in total. The van der Waals surface area contributed by atoms with Gasteiger partial charge in [-0.05, 0) is 50.3 Å². The van der Waals surface area contributed by atoms with Gasteiger partial charge in [0.05, 0.1) is 42.5 Å². The van der Waals surface area contributed by atoms with Gasteiger partial charge in [0.1, 0.15) is 5.75 Å². The minimum Gasteiger partial charge on any atom is -0.496 e. The molecule has 0 spiro atoms. The van der Waals surface area contributed by atoms with Crippen molar-refractivity contribution in [3.05, 3.63) is 57.9 Å². The lowest BCUT2D eigenvalue weighted by molar-refractivity contribution is -0.114. The van der Waals surface area contributed by atoms with Gasteiger partial charge in [-0.15, -0.1) is 0 Å². The second-order valence-corrected chi connectivity index (χ2v) is 7.82. The fourth-order valence-corrected chi connectivity index (χ4v) is 3.91. The van der Waals surface area contributed by atoms with Crippen molar-refractivity contribution in [2.75, 3.05) is 19.0 Å². The number of primary amides is 1. The van der Waals surface area contributed by atoms with Crippen LogP contribution in [0.25, 0.3) is 0 Å². The third-order valence-electron chi connectivity index (χ3n) is 5.66. The van der Waals surface area contributed by atoms with Gasteiger partial charge in [-0.2, -0.15) is 5.26 Å². The zero-order valence-electron chi connectivity index (χ0n) is 17.3. The highest BCUT2D eigenvalue weighted by Gasteiger charge is 2.37. The van der Waals surface area contributed by atoms with E-state index in [2.05, 4.69) is 16.4 Å². The summed E-state index contributed by atoms with van der Waals surface area (Å²) < 4.78 is 11.7. The number of carbonyl (C=O) groups excluding carboxylic acids is 1. The van der Waals surface area contributed by atoms with Crippen LogP contribution >= 0.6 is 0 Å². The van der Waals surface area contributed by atoms with E-state index in [9.17, 15) is 10.1 Å². The molecule has 154 valence electrons. The van der Waals surface area contributed by atoms with E-state index in [0.717, 1.165) is 35.2 Å². The molecule has 1 aliphatic carbocycles. The molecule has 1 aromatic heterocycles. The van der Waals surface area contributed by atoms with Crippen LogP contribution in [0.3, 0.4) is 0 Å². The molecule has 4 rings (SSSR count). The summed E-state index contributed by atoms with van der Waals surface area (Å²) in [5.74, 6) is 0.488. The van der Waals surface area contributed by atoms with Crippen LogP contribution in [0, 0.1) is 24.2 Å². The molecule has 1 fully saturated rings. The number of amides is 1. The lowest BCUT2D eigenvalue weighted by Crippen LogP contribution is -2.28. The maximum absolute atomic E-state index is 12.5. The molecule has 2 heterocycles. The Balaban J connectivity index is 1.95. The predicted octanol–water partition coefficient (Wildman–Crippen LogP) is 3.38. The molecule has 1 aromatic carbocycles. The lowest BCUT2D eigenvalue weighted by atomic mass is 9.79. The number of fused-ring (bicyclic) bond motifs is 1. The fourth-order valence-electron chi connectivity index (χ4n) is 3.91. The van der Waals surface area contributed by atoms with Crippen LogP contribution in [0.1, 0.15) is 47.9 Å². The van der Waals surface area contributed by atoms with Crippen LogP contribution < -0.4 is 20.5 Å². The van der Waals surface area contributed by atoms with E-state index in [1.807, 2.05) is 13.8 Å². The largest absolute Gasteiger partial charge is 0.496 e. The Morgan fingerprint density at radius 1 is 1.37 bits per heavy atom. The molecule has 0 saturated heterocycles. The number of nitrogens with one attached hydrogen (secondary N) is 1. The molecular weight excluding hydrogens is 380 g/mol. The van der Waals surface area contributed by atoms with Crippen LogP contribution in [-0.4, -0.2) is 24.6 Å². The lowest BCUT2D eigenvalue weighted by Gasteiger charge is -2.32. The number of nitrogens with zero attached hydrogens (tertiary/aromatic N) is 2. The van der Waals surface area contributed by atoms with Crippen molar-refractivity contribution >= 4 is 11.6 Å². The summed E-state index contributed by atoms with van der Waals surface area (Å²) in [6.07, 6.45) is 4.08. The van der Waals surface area contributed by atoms with Gasteiger partial charge in [0, 0.05) is 23.0 Å². The van der Waals surface area contributed by atoms with Gasteiger partial charge >= 0.3 is 0 Å². The van der Waals surface area contributed by atoms with Crippen molar-refractivity contribution < 1.29 is 14.3 Å². The summed E-state index contributed by atoms with van der Waals surface area (Å²) in [4.78, 5) is 17.1. The molecule has 30 heavy (non-hydrogen) atoms. The van der Waals surface area contributed by atoms with E-state index in [1.165, 1.54) is 0 Å². The molecule has 2 aromatic rings. The summed E-state index contributed by atoms with van der Waals surface area (Å²) in [7, 11) is 1.54. The molecule has 7 nitrogen and oxygen atoms in total. The van der Waals surface area contributed by atoms with Gasteiger partial charge in [0.15, 0.2) is 0 Å². The van der Waals surface area contributed by atoms with E-state index < -0.39 is 11.8 Å². The summed E-state index contributed by atoms with van der Waals surface area (Å²) in [5.41, 5.74) is 10.7. The number of rotatable bonds is 6. The first-order valence-corrected chi connectivity index (χ1v) is 9.92. The molecule has 0 bridgehead atoms. The highest BCUT2D eigenvalue weighted by atomic mass is 16.5. The highest BCUT2D eigenvalue weighted by molar-refractivity contribution is 5.98. The van der Waals surface area contributed by atoms with E-state index in [0.29, 0.717) is 41.0 Å². The molecule has 1 amide bonds. The van der Waals surface area contributed by atoms with Crippen molar-refractivity contribution in [3.63, 3.8) is 0 Å². The normalized spacial score (nSPS) is 17.6. The number of allylic oxidation sites excluding steroid dienone is 1. The van der Waals surface area contributed by atoms with Crippen LogP contribution in [0.5, 0.6) is 11.6 Å². The summed E-state index contributed by atoms with van der Waals surface area (Å²) in [6.45, 7) is 4.38. The van der Waals surface area contributed by atoms with Gasteiger partial charge in [-0.1, -0.05) is 6.07 Å². The Morgan fingerprint density at radius 3 is 2.77 bits per heavy atom. The number of anilines is 1. The first-order chi connectivity index (χ1) is 14.4. The number of methoxy groups -OCH3 is 1. The van der Waals surface area contributed by atoms with E-state index in [1.54, 1.807) is 31.5 Å². The van der Waals surface area contributed by atoms with Crippen LogP contribution in [0.2, 0.25) is 0 Å². The Bertz CT molecular complexity index is 1100. The zero-order chi connectivity index (χ0) is 21.4. The fraction of sp³-hybridized carbons (Fsp3) is 0.348. The number of aromatic nitrogens is 1. The summed E-state index contributed by atoms with van der Waals surface area (Å²) >= 11 is 0. The Kier molecular flexibility index (Phi) is 5.08. The molecule has 1 aliphatic heterocycles. The number of nitrogens with two attached hydrogens (primary N) is 1. The molecule has 0 unspecified atom stereocenters. The Morgan fingerprint density at radius 2 is 2.13 bits per heavy atom.